The van der Waals surface area contributed by atoms with Crippen LogP contribution in [0.25, 0.3) is 28.3 Å². The summed E-state index contributed by atoms with van der Waals surface area (Å²) in [6.07, 6.45) is 3.15. The average molecular weight is 512 g/mol. The molecule has 0 aliphatic carbocycles. The summed E-state index contributed by atoms with van der Waals surface area (Å²) in [4.78, 5) is 22.8. The average Bonchev–Trinajstić information content (AvgIpc) is 3.17. The molecule has 0 bridgehead atoms. The summed E-state index contributed by atoms with van der Waals surface area (Å²) in [6, 6.07) is 20.7. The Morgan fingerprint density at radius 3 is 2.59 bits per heavy atom. The summed E-state index contributed by atoms with van der Waals surface area (Å²) in [5.74, 6) is 1.09. The minimum atomic E-state index is -0.340. The molecule has 5 aromatic rings. The summed E-state index contributed by atoms with van der Waals surface area (Å²) in [6.45, 7) is 1.88. The van der Waals surface area contributed by atoms with E-state index < -0.39 is 0 Å². The zero-order valence-corrected chi connectivity index (χ0v) is 19.9. The Hall–Kier alpha value is -4.22. The van der Waals surface area contributed by atoms with Crippen LogP contribution in [0.15, 0.2) is 76.1 Å². The van der Waals surface area contributed by atoms with Gasteiger partial charge < -0.3 is 9.30 Å². The van der Waals surface area contributed by atoms with Crippen LogP contribution in [-0.2, 0) is 7.05 Å². The molecule has 0 saturated carbocycles. The Balaban J connectivity index is 1.75. The Morgan fingerprint density at radius 2 is 1.85 bits per heavy atom. The van der Waals surface area contributed by atoms with Crippen molar-refractivity contribution in [3.63, 3.8) is 0 Å². The van der Waals surface area contributed by atoms with Gasteiger partial charge in [-0.3, -0.25) is 9.20 Å². The van der Waals surface area contributed by atoms with Crippen molar-refractivity contribution in [2.75, 3.05) is 0 Å². The van der Waals surface area contributed by atoms with Crippen LogP contribution in [0.2, 0.25) is 0 Å². The highest BCUT2D eigenvalue weighted by Gasteiger charge is 2.18. The first-order valence-electron chi connectivity index (χ1n) is 10.5. The van der Waals surface area contributed by atoms with E-state index in [0.717, 1.165) is 21.1 Å². The van der Waals surface area contributed by atoms with Crippen LogP contribution in [0.1, 0.15) is 17.0 Å². The van der Waals surface area contributed by atoms with Gasteiger partial charge in [0.2, 0.25) is 5.88 Å². The molecule has 0 aliphatic rings. The van der Waals surface area contributed by atoms with Crippen LogP contribution >= 0.6 is 15.9 Å². The highest BCUT2D eigenvalue weighted by atomic mass is 79.9. The molecule has 34 heavy (non-hydrogen) atoms. The molecule has 0 unspecified atom stereocenters. The van der Waals surface area contributed by atoms with Crippen LogP contribution in [0.4, 0.5) is 0 Å². The quantitative estimate of drug-likeness (QED) is 0.297. The van der Waals surface area contributed by atoms with Gasteiger partial charge in [0, 0.05) is 17.7 Å². The highest BCUT2D eigenvalue weighted by molar-refractivity contribution is 9.10. The molecule has 0 spiro atoms. The molecule has 3 aromatic heterocycles. The first-order valence-corrected chi connectivity index (χ1v) is 11.2. The second-order valence-electron chi connectivity index (χ2n) is 7.73. The fourth-order valence-corrected chi connectivity index (χ4v) is 4.05. The smallest absolute Gasteiger partial charge is 0.269 e. The van der Waals surface area contributed by atoms with E-state index in [1.165, 1.54) is 10.5 Å². The van der Waals surface area contributed by atoms with Gasteiger partial charge in [0.15, 0.2) is 5.82 Å². The van der Waals surface area contributed by atoms with Gasteiger partial charge >= 0.3 is 0 Å². The largest absolute Gasteiger partial charge is 0.438 e. The molecule has 3 heterocycles. The van der Waals surface area contributed by atoms with Gasteiger partial charge in [0.1, 0.15) is 23.0 Å². The van der Waals surface area contributed by atoms with Gasteiger partial charge in [0.05, 0.1) is 16.6 Å². The number of aromatic nitrogens is 4. The number of nitrogens with zero attached hydrogens (tertiary/aromatic N) is 5. The number of hydrogen-bond donors (Lipinski definition) is 0. The Labute approximate surface area is 203 Å². The van der Waals surface area contributed by atoms with Crippen molar-refractivity contribution in [3.8, 4) is 17.7 Å². The maximum Gasteiger partial charge on any atom is 0.269 e. The van der Waals surface area contributed by atoms with E-state index in [9.17, 15) is 10.1 Å². The number of para-hydroxylation sites is 2. The van der Waals surface area contributed by atoms with E-state index in [-0.39, 0.29) is 22.6 Å². The molecule has 8 heteroatoms. The topological polar surface area (TPSA) is 85.2 Å². The number of nitriles is 1. The van der Waals surface area contributed by atoms with Crippen LogP contribution in [0.5, 0.6) is 11.6 Å². The van der Waals surface area contributed by atoms with Crippen molar-refractivity contribution in [1.82, 2.24) is 18.9 Å². The third-order valence-corrected chi connectivity index (χ3v) is 6.04. The number of fused-ring (bicyclic) bond motifs is 2. The minimum Gasteiger partial charge on any atom is -0.438 e. The number of allylic oxidation sites excluding steroid dienone is 1. The van der Waals surface area contributed by atoms with Gasteiger partial charge in [-0.25, -0.2) is 4.98 Å². The number of hydrogen-bond acceptors (Lipinski definition) is 5. The lowest BCUT2D eigenvalue weighted by Gasteiger charge is -2.11. The van der Waals surface area contributed by atoms with E-state index in [1.807, 2.05) is 61.0 Å². The lowest BCUT2D eigenvalue weighted by Crippen LogP contribution is -2.19. The molecular formula is C26H18BrN5O2. The molecule has 7 nitrogen and oxygen atoms in total. The number of rotatable bonds is 4. The third-order valence-electron chi connectivity index (χ3n) is 5.51. The lowest BCUT2D eigenvalue weighted by molar-refractivity contribution is 0.461. The lowest BCUT2D eigenvalue weighted by atomic mass is 10.1. The third kappa shape index (κ3) is 3.76. The molecule has 0 aliphatic heterocycles. The number of benzene rings is 2. The van der Waals surface area contributed by atoms with Crippen molar-refractivity contribution < 1.29 is 4.74 Å². The van der Waals surface area contributed by atoms with Crippen molar-refractivity contribution in [1.29, 1.82) is 5.26 Å². The zero-order valence-electron chi connectivity index (χ0n) is 18.4. The molecule has 166 valence electrons. The van der Waals surface area contributed by atoms with Crippen molar-refractivity contribution in [2.24, 2.45) is 7.05 Å². The number of aryl methyl sites for hydroxylation is 2. The molecule has 0 amide bonds. The SMILES string of the molecule is Cc1cccn2c(=O)c(C=C(C#N)c3nc4ccccc4n3C)c(Oc3ccc(Br)cc3)nc12. The van der Waals surface area contributed by atoms with Crippen LogP contribution in [-0.4, -0.2) is 18.9 Å². The van der Waals surface area contributed by atoms with Crippen LogP contribution in [0, 0.1) is 18.3 Å². The summed E-state index contributed by atoms with van der Waals surface area (Å²) >= 11 is 3.41. The van der Waals surface area contributed by atoms with E-state index in [4.69, 9.17) is 4.74 Å². The predicted octanol–water partition coefficient (Wildman–Crippen LogP) is 5.51. The Bertz CT molecular complexity index is 1690. The highest BCUT2D eigenvalue weighted by Crippen LogP contribution is 2.28. The van der Waals surface area contributed by atoms with Gasteiger partial charge in [-0.1, -0.05) is 34.1 Å². The summed E-state index contributed by atoms with van der Waals surface area (Å²) in [5.41, 5.74) is 3.00. The van der Waals surface area contributed by atoms with E-state index >= 15 is 0 Å². The summed E-state index contributed by atoms with van der Waals surface area (Å²) < 4.78 is 10.2. The van der Waals surface area contributed by atoms with E-state index in [2.05, 4.69) is 32.0 Å². The van der Waals surface area contributed by atoms with Crippen LogP contribution < -0.4 is 10.3 Å². The molecule has 0 atom stereocenters. The molecule has 5 rings (SSSR count). The molecule has 0 saturated heterocycles. The first-order chi connectivity index (χ1) is 16.5. The maximum absolute atomic E-state index is 13.5. The van der Waals surface area contributed by atoms with Gasteiger partial charge in [0.25, 0.3) is 5.56 Å². The standard InChI is InChI=1S/C26H18BrN5O2/c1-16-6-5-13-32-23(16)30-25(34-19-11-9-18(27)10-12-19)20(26(32)33)14-17(15-28)24-29-21-7-3-4-8-22(21)31(24)2/h3-14H,1-2H3. The number of halogens is 1. The first kappa shape index (κ1) is 21.6. The van der Waals surface area contributed by atoms with Crippen molar-refractivity contribution in [3.05, 3.63) is 98.6 Å². The molecule has 0 fully saturated rings. The van der Waals surface area contributed by atoms with Gasteiger partial charge in [-0.2, -0.15) is 10.2 Å². The predicted molar refractivity (Wildman–Crippen MR) is 135 cm³/mol. The van der Waals surface area contributed by atoms with Gasteiger partial charge in [-0.05, 0) is 61.0 Å². The zero-order chi connectivity index (χ0) is 23.8. The second kappa shape index (κ2) is 8.61. The normalized spacial score (nSPS) is 11.6. The fourth-order valence-electron chi connectivity index (χ4n) is 3.79. The van der Waals surface area contributed by atoms with Crippen molar-refractivity contribution >= 4 is 44.3 Å². The number of pyridine rings is 1. The number of ether oxygens (including phenoxy) is 1. The monoisotopic (exact) mass is 511 g/mol. The number of imidazole rings is 1. The molecule has 0 N–H and O–H groups in total. The Morgan fingerprint density at radius 1 is 1.09 bits per heavy atom. The fraction of sp³-hybridized carbons (Fsp3) is 0.0769. The second-order valence-corrected chi connectivity index (χ2v) is 8.65. The van der Waals surface area contributed by atoms with Crippen LogP contribution in [0.3, 0.4) is 0 Å². The maximum atomic E-state index is 13.5. The van der Waals surface area contributed by atoms with E-state index in [1.54, 1.807) is 24.4 Å². The summed E-state index contributed by atoms with van der Waals surface area (Å²) in [5, 5.41) is 10.0. The van der Waals surface area contributed by atoms with Gasteiger partial charge in [-0.15, -0.1) is 0 Å². The molecule has 0 radical (unpaired) electrons. The molecule has 2 aromatic carbocycles. The minimum absolute atomic E-state index is 0.119. The summed E-state index contributed by atoms with van der Waals surface area (Å²) in [7, 11) is 1.84. The van der Waals surface area contributed by atoms with E-state index in [0.29, 0.717) is 17.2 Å². The Kier molecular flexibility index (Phi) is 5.48. The van der Waals surface area contributed by atoms with Crippen molar-refractivity contribution in [2.45, 2.75) is 6.92 Å². The molecular weight excluding hydrogens is 494 g/mol.